The van der Waals surface area contributed by atoms with E-state index in [4.69, 9.17) is 24.7 Å². The molecule has 0 aromatic heterocycles. The second-order valence-corrected chi connectivity index (χ2v) is 9.31. The third-order valence-electron chi connectivity index (χ3n) is 6.06. The molecule has 8 heteroatoms. The Morgan fingerprint density at radius 3 is 2.60 bits per heavy atom. The van der Waals surface area contributed by atoms with Gasteiger partial charge in [-0.15, -0.1) is 0 Å². The number of ether oxygens (including phenoxy) is 4. The maximum absolute atomic E-state index is 13.0. The average molecular weight is 542 g/mol. The molecule has 0 bridgehead atoms. The van der Waals surface area contributed by atoms with Crippen LogP contribution >= 0.6 is 15.9 Å². The van der Waals surface area contributed by atoms with Crippen LogP contribution in [0.3, 0.4) is 0 Å². The van der Waals surface area contributed by atoms with Crippen LogP contribution in [0.2, 0.25) is 0 Å². The number of aryl methyl sites for hydroxylation is 1. The van der Waals surface area contributed by atoms with E-state index in [2.05, 4.69) is 15.9 Å². The molecule has 0 radical (unpaired) electrons. The minimum absolute atomic E-state index is 0.0518. The molecule has 0 amide bonds. The van der Waals surface area contributed by atoms with Gasteiger partial charge in [-0.2, -0.15) is 0 Å². The van der Waals surface area contributed by atoms with Gasteiger partial charge in [0.2, 0.25) is 5.88 Å². The van der Waals surface area contributed by atoms with Crippen molar-refractivity contribution in [3.8, 4) is 11.5 Å². The molecule has 2 N–H and O–H groups in total. The Morgan fingerprint density at radius 2 is 1.91 bits per heavy atom. The summed E-state index contributed by atoms with van der Waals surface area (Å²) in [4.78, 5) is 25.7. The lowest BCUT2D eigenvalue weighted by Gasteiger charge is -2.32. The topological polar surface area (TPSA) is 97.1 Å². The van der Waals surface area contributed by atoms with E-state index in [1.54, 1.807) is 6.07 Å². The molecular formula is C27H28BrNO6. The number of carbonyl (C=O) groups excluding carboxylic acids is 2. The van der Waals surface area contributed by atoms with Crippen LogP contribution in [-0.4, -0.2) is 25.5 Å². The van der Waals surface area contributed by atoms with E-state index in [1.165, 1.54) is 12.7 Å². The quantitative estimate of drug-likeness (QED) is 0.481. The first-order valence-corrected chi connectivity index (χ1v) is 12.3. The highest BCUT2D eigenvalue weighted by molar-refractivity contribution is 9.10. The standard InChI is InChI=1S/C27H28BrNO6/c1-4-33-21-13-17(12-18(28)25(21)34-14-16-10-8-15(2)9-11-16)22-23-19(30)6-5-7-20(23)35-26(29)24(22)27(31)32-3/h8-13,22H,4-7,14,29H2,1-3H3/t22-/m1/s1. The molecule has 0 saturated heterocycles. The number of Topliss-reactive ketones (excluding diaryl/α,β-unsaturated/α-hetero) is 1. The molecule has 4 rings (SSSR count). The van der Waals surface area contributed by atoms with Crippen LogP contribution in [0.5, 0.6) is 11.5 Å². The zero-order valence-electron chi connectivity index (χ0n) is 20.0. The second-order valence-electron chi connectivity index (χ2n) is 8.46. The fourth-order valence-electron chi connectivity index (χ4n) is 4.40. The molecule has 1 heterocycles. The van der Waals surface area contributed by atoms with Crippen molar-refractivity contribution in [2.24, 2.45) is 5.73 Å². The molecule has 1 atom stereocenters. The van der Waals surface area contributed by atoms with Crippen molar-refractivity contribution < 1.29 is 28.5 Å². The molecule has 184 valence electrons. The van der Waals surface area contributed by atoms with Crippen molar-refractivity contribution in [1.29, 1.82) is 0 Å². The predicted octanol–water partition coefficient (Wildman–Crippen LogP) is 5.20. The van der Waals surface area contributed by atoms with Crippen LogP contribution in [0.1, 0.15) is 48.8 Å². The van der Waals surface area contributed by atoms with Crippen molar-refractivity contribution in [3.05, 3.63) is 80.3 Å². The van der Waals surface area contributed by atoms with Gasteiger partial charge in [0.15, 0.2) is 17.3 Å². The summed E-state index contributed by atoms with van der Waals surface area (Å²) in [5.41, 5.74) is 9.55. The van der Waals surface area contributed by atoms with E-state index < -0.39 is 11.9 Å². The van der Waals surface area contributed by atoms with Gasteiger partial charge in [0, 0.05) is 18.4 Å². The number of carbonyl (C=O) groups is 2. The van der Waals surface area contributed by atoms with E-state index in [0.717, 1.165) is 5.56 Å². The molecule has 2 aliphatic rings. The molecule has 35 heavy (non-hydrogen) atoms. The molecule has 7 nitrogen and oxygen atoms in total. The van der Waals surface area contributed by atoms with E-state index in [0.29, 0.717) is 65.3 Å². The van der Waals surface area contributed by atoms with Crippen molar-refractivity contribution in [3.63, 3.8) is 0 Å². The molecule has 1 aliphatic carbocycles. The predicted molar refractivity (Wildman–Crippen MR) is 134 cm³/mol. The Labute approximate surface area is 213 Å². The number of nitrogens with two attached hydrogens (primary N) is 1. The first-order chi connectivity index (χ1) is 16.8. The summed E-state index contributed by atoms with van der Waals surface area (Å²) in [7, 11) is 1.27. The van der Waals surface area contributed by atoms with Crippen LogP contribution < -0.4 is 15.2 Å². The summed E-state index contributed by atoms with van der Waals surface area (Å²) >= 11 is 3.61. The molecule has 1 aliphatic heterocycles. The molecule has 0 spiro atoms. The highest BCUT2D eigenvalue weighted by atomic mass is 79.9. The fraction of sp³-hybridized carbons (Fsp3) is 0.333. The minimum atomic E-state index is -0.736. The van der Waals surface area contributed by atoms with E-state index in [9.17, 15) is 9.59 Å². The van der Waals surface area contributed by atoms with Crippen LogP contribution in [0.4, 0.5) is 0 Å². The van der Waals surface area contributed by atoms with Crippen LogP contribution in [0.25, 0.3) is 0 Å². The van der Waals surface area contributed by atoms with Gasteiger partial charge in [-0.1, -0.05) is 29.8 Å². The van der Waals surface area contributed by atoms with Crippen LogP contribution in [0.15, 0.2) is 63.7 Å². The van der Waals surface area contributed by atoms with Crippen LogP contribution in [-0.2, 0) is 25.7 Å². The number of allylic oxidation sites excluding steroid dienone is 2. The van der Waals surface area contributed by atoms with Crippen molar-refractivity contribution in [1.82, 2.24) is 0 Å². The Kier molecular flexibility index (Phi) is 7.50. The van der Waals surface area contributed by atoms with Crippen LogP contribution in [0, 0.1) is 6.92 Å². The summed E-state index contributed by atoms with van der Waals surface area (Å²) in [6, 6.07) is 11.7. The van der Waals surface area contributed by atoms with Gasteiger partial charge in [0.1, 0.15) is 17.9 Å². The smallest absolute Gasteiger partial charge is 0.340 e. The molecule has 0 unspecified atom stereocenters. The summed E-state index contributed by atoms with van der Waals surface area (Å²) in [5, 5.41) is 0. The Bertz CT molecular complexity index is 1210. The maximum Gasteiger partial charge on any atom is 0.340 e. The molecule has 0 fully saturated rings. The summed E-state index contributed by atoms with van der Waals surface area (Å²) < 4.78 is 23.4. The molecule has 0 saturated carbocycles. The first-order valence-electron chi connectivity index (χ1n) is 11.5. The SMILES string of the molecule is CCOc1cc([C@H]2C(C(=O)OC)=C(N)OC3=C2C(=O)CCC3)cc(Br)c1OCc1ccc(C)cc1. The lowest BCUT2D eigenvalue weighted by molar-refractivity contribution is -0.136. The van der Waals surface area contributed by atoms with E-state index in [-0.39, 0.29) is 17.2 Å². The summed E-state index contributed by atoms with van der Waals surface area (Å²) in [5.74, 6) is 0.0210. The largest absolute Gasteiger partial charge is 0.490 e. The van der Waals surface area contributed by atoms with Gasteiger partial charge < -0.3 is 24.7 Å². The van der Waals surface area contributed by atoms with Crippen molar-refractivity contribution in [2.45, 2.75) is 45.6 Å². The summed E-state index contributed by atoms with van der Waals surface area (Å²) in [6.07, 6.45) is 1.62. The minimum Gasteiger partial charge on any atom is -0.490 e. The fourth-order valence-corrected chi connectivity index (χ4v) is 4.97. The number of rotatable bonds is 7. The number of ketones is 1. The van der Waals surface area contributed by atoms with Crippen molar-refractivity contribution >= 4 is 27.7 Å². The zero-order valence-corrected chi connectivity index (χ0v) is 21.6. The molecular weight excluding hydrogens is 514 g/mol. The highest BCUT2D eigenvalue weighted by Crippen LogP contribution is 2.47. The molecule has 2 aromatic carbocycles. The van der Waals surface area contributed by atoms with Gasteiger partial charge in [-0.3, -0.25) is 4.79 Å². The first kappa shape index (κ1) is 24.9. The number of hydrogen-bond acceptors (Lipinski definition) is 7. The van der Waals surface area contributed by atoms with Gasteiger partial charge in [0.25, 0.3) is 0 Å². The van der Waals surface area contributed by atoms with E-state index in [1.807, 2.05) is 44.2 Å². The number of esters is 1. The third kappa shape index (κ3) is 5.07. The summed E-state index contributed by atoms with van der Waals surface area (Å²) in [6.45, 7) is 4.66. The monoisotopic (exact) mass is 541 g/mol. The normalized spacial score (nSPS) is 17.6. The Morgan fingerprint density at radius 1 is 1.17 bits per heavy atom. The zero-order chi connectivity index (χ0) is 25.1. The van der Waals surface area contributed by atoms with Gasteiger partial charge in [-0.05, 0) is 59.5 Å². The third-order valence-corrected chi connectivity index (χ3v) is 6.65. The van der Waals surface area contributed by atoms with Crippen molar-refractivity contribution in [2.75, 3.05) is 13.7 Å². The Balaban J connectivity index is 1.78. The van der Waals surface area contributed by atoms with Gasteiger partial charge >= 0.3 is 5.97 Å². The lowest BCUT2D eigenvalue weighted by atomic mass is 9.77. The lowest BCUT2D eigenvalue weighted by Crippen LogP contribution is -2.31. The molecule has 2 aromatic rings. The Hall–Kier alpha value is -3.26. The number of hydrogen-bond donors (Lipinski definition) is 1. The number of benzene rings is 2. The maximum atomic E-state index is 13.0. The van der Waals surface area contributed by atoms with Gasteiger partial charge in [-0.25, -0.2) is 4.79 Å². The number of methoxy groups -OCH3 is 1. The average Bonchev–Trinajstić information content (AvgIpc) is 2.83. The van der Waals surface area contributed by atoms with E-state index >= 15 is 0 Å². The highest BCUT2D eigenvalue weighted by Gasteiger charge is 2.41. The number of halogens is 1. The second kappa shape index (κ2) is 10.6. The van der Waals surface area contributed by atoms with Gasteiger partial charge in [0.05, 0.1) is 24.1 Å².